The van der Waals surface area contributed by atoms with Gasteiger partial charge in [-0.1, -0.05) is 16.4 Å². The van der Waals surface area contributed by atoms with Crippen LogP contribution in [-0.4, -0.2) is 40.8 Å². The van der Waals surface area contributed by atoms with Crippen LogP contribution in [0.2, 0.25) is 0 Å². The molecule has 1 aromatic carbocycles. The lowest BCUT2D eigenvalue weighted by Crippen LogP contribution is -2.61. The van der Waals surface area contributed by atoms with Gasteiger partial charge in [0.25, 0.3) is 5.19 Å². The Bertz CT molecular complexity index is 689. The van der Waals surface area contributed by atoms with E-state index in [0.29, 0.717) is 17.0 Å². The van der Waals surface area contributed by atoms with Crippen LogP contribution in [0.25, 0.3) is 10.6 Å². The molecule has 0 unspecified atom stereocenters. The molecule has 2 atom stereocenters. The molecule has 1 saturated carbocycles. The highest BCUT2D eigenvalue weighted by Gasteiger charge is 2.49. The van der Waals surface area contributed by atoms with E-state index in [1.54, 1.807) is 12.1 Å². The maximum atomic E-state index is 13.0. The molecule has 4 fully saturated rings. The second kappa shape index (κ2) is 5.24. The van der Waals surface area contributed by atoms with Crippen LogP contribution in [0.1, 0.15) is 12.8 Å². The quantitative estimate of drug-likeness (QED) is 0.866. The lowest BCUT2D eigenvalue weighted by molar-refractivity contribution is -0.0986. The average molecular weight is 331 g/mol. The van der Waals surface area contributed by atoms with E-state index in [4.69, 9.17) is 4.74 Å². The van der Waals surface area contributed by atoms with Crippen molar-refractivity contribution in [2.45, 2.75) is 18.9 Å². The fourth-order valence-corrected chi connectivity index (χ4v) is 5.38. The highest BCUT2D eigenvalue weighted by molar-refractivity contribution is 7.16. The van der Waals surface area contributed by atoms with Crippen molar-refractivity contribution in [3.63, 3.8) is 0 Å². The molecule has 23 heavy (non-hydrogen) atoms. The van der Waals surface area contributed by atoms with Crippen LogP contribution in [0, 0.1) is 23.6 Å². The van der Waals surface area contributed by atoms with Gasteiger partial charge in [-0.3, -0.25) is 0 Å². The first-order chi connectivity index (χ1) is 11.2. The van der Waals surface area contributed by atoms with Crippen molar-refractivity contribution in [2.24, 2.45) is 17.8 Å². The molecule has 4 nitrogen and oxygen atoms in total. The second-order valence-corrected chi connectivity index (χ2v) is 7.98. The topological polar surface area (TPSA) is 38.3 Å². The third-order valence-electron chi connectivity index (χ3n) is 5.44. The predicted octanol–water partition coefficient (Wildman–Crippen LogP) is 3.06. The molecule has 1 aromatic heterocycles. The number of nitrogens with zero attached hydrogens (tertiary/aromatic N) is 3. The van der Waals surface area contributed by atoms with Crippen LogP contribution in [-0.2, 0) is 0 Å². The van der Waals surface area contributed by atoms with Crippen LogP contribution in [0.5, 0.6) is 5.19 Å². The number of aromatic nitrogens is 2. The first-order valence-corrected chi connectivity index (χ1v) is 9.05. The van der Waals surface area contributed by atoms with E-state index in [1.807, 2.05) is 0 Å². The molecule has 2 aromatic rings. The molecular formula is C17H18FN3OS. The Labute approximate surface area is 138 Å². The third kappa shape index (κ3) is 2.44. The molecule has 0 amide bonds. The summed E-state index contributed by atoms with van der Waals surface area (Å²) in [6, 6.07) is 6.36. The summed E-state index contributed by atoms with van der Waals surface area (Å²) >= 11 is 1.46. The number of hydrogen-bond acceptors (Lipinski definition) is 5. The summed E-state index contributed by atoms with van der Waals surface area (Å²) in [6.07, 6.45) is 2.87. The highest BCUT2D eigenvalue weighted by atomic mass is 32.1. The first-order valence-electron chi connectivity index (χ1n) is 8.23. The summed E-state index contributed by atoms with van der Waals surface area (Å²) in [7, 11) is 0. The van der Waals surface area contributed by atoms with Gasteiger partial charge in [-0.2, -0.15) is 0 Å². The van der Waals surface area contributed by atoms with Crippen molar-refractivity contribution < 1.29 is 9.13 Å². The monoisotopic (exact) mass is 331 g/mol. The Morgan fingerprint density at radius 3 is 2.48 bits per heavy atom. The summed E-state index contributed by atoms with van der Waals surface area (Å²) in [5.74, 6) is 1.91. The number of hydrogen-bond donors (Lipinski definition) is 0. The van der Waals surface area contributed by atoms with Crippen molar-refractivity contribution in [3.05, 3.63) is 30.1 Å². The van der Waals surface area contributed by atoms with Crippen molar-refractivity contribution >= 4 is 11.3 Å². The van der Waals surface area contributed by atoms with Gasteiger partial charge in [0.1, 0.15) is 11.9 Å². The van der Waals surface area contributed by atoms with Crippen molar-refractivity contribution in [3.8, 4) is 15.8 Å². The lowest BCUT2D eigenvalue weighted by atomic mass is 9.66. The van der Waals surface area contributed by atoms with Gasteiger partial charge in [0, 0.05) is 37.0 Å². The van der Waals surface area contributed by atoms with Crippen molar-refractivity contribution in [1.29, 1.82) is 0 Å². The van der Waals surface area contributed by atoms with Gasteiger partial charge in [0.15, 0.2) is 5.01 Å². The molecular weight excluding hydrogens is 313 g/mol. The first kappa shape index (κ1) is 13.9. The van der Waals surface area contributed by atoms with Gasteiger partial charge >= 0.3 is 0 Å². The number of halogens is 1. The normalized spacial score (nSPS) is 34.7. The molecule has 0 radical (unpaired) electrons. The Morgan fingerprint density at radius 1 is 1.04 bits per heavy atom. The smallest absolute Gasteiger partial charge is 0.294 e. The molecule has 3 saturated heterocycles. The van der Waals surface area contributed by atoms with Gasteiger partial charge in [-0.05, 0) is 43.0 Å². The maximum absolute atomic E-state index is 13.0. The van der Waals surface area contributed by atoms with E-state index in [-0.39, 0.29) is 11.9 Å². The zero-order chi connectivity index (χ0) is 15.4. The van der Waals surface area contributed by atoms with E-state index >= 15 is 0 Å². The zero-order valence-electron chi connectivity index (χ0n) is 12.7. The Morgan fingerprint density at radius 2 is 1.78 bits per heavy atom. The van der Waals surface area contributed by atoms with Gasteiger partial charge in [0.05, 0.1) is 0 Å². The molecule has 6 rings (SSSR count). The number of piperidine rings is 3. The number of ether oxygens (including phenoxy) is 1. The molecule has 0 spiro atoms. The minimum Gasteiger partial charge on any atom is -0.465 e. The standard InChI is InChI=1S/C17H18FN3OS/c18-14-3-1-11(2-4-14)16-19-20-17(23-16)22-15-12-5-10-6-13(15)9-21(7-10)8-12/h1-4,10,12-13,15H,5-9H2/t10?,12-,13-,15?/m0/s1. The summed E-state index contributed by atoms with van der Waals surface area (Å²) < 4.78 is 19.3. The summed E-state index contributed by atoms with van der Waals surface area (Å²) in [5.41, 5.74) is 0.884. The fraction of sp³-hybridized carbons (Fsp3) is 0.529. The predicted molar refractivity (Wildman–Crippen MR) is 85.9 cm³/mol. The van der Waals surface area contributed by atoms with Gasteiger partial charge in [-0.25, -0.2) is 4.39 Å². The maximum Gasteiger partial charge on any atom is 0.294 e. The summed E-state index contributed by atoms with van der Waals surface area (Å²) in [4.78, 5) is 2.59. The lowest BCUT2D eigenvalue weighted by Gasteiger charge is -2.54. The van der Waals surface area contributed by atoms with Crippen LogP contribution in [0.15, 0.2) is 24.3 Å². The molecule has 4 aliphatic rings. The minimum atomic E-state index is -0.238. The Hall–Kier alpha value is -1.53. The summed E-state index contributed by atoms with van der Waals surface area (Å²) in [5, 5.41) is 9.85. The van der Waals surface area contributed by atoms with E-state index < -0.39 is 0 Å². The van der Waals surface area contributed by atoms with E-state index in [9.17, 15) is 4.39 Å². The van der Waals surface area contributed by atoms with Crippen LogP contribution >= 0.6 is 11.3 Å². The van der Waals surface area contributed by atoms with Gasteiger partial charge < -0.3 is 9.64 Å². The minimum absolute atomic E-state index is 0.238. The van der Waals surface area contributed by atoms with Crippen LogP contribution in [0.4, 0.5) is 4.39 Å². The average Bonchev–Trinajstić information content (AvgIpc) is 2.99. The zero-order valence-corrected chi connectivity index (χ0v) is 13.5. The van der Waals surface area contributed by atoms with E-state index in [0.717, 1.165) is 16.5 Å². The Kier molecular flexibility index (Phi) is 3.16. The molecule has 0 N–H and O–H groups in total. The van der Waals surface area contributed by atoms with E-state index in [1.165, 1.54) is 55.9 Å². The third-order valence-corrected chi connectivity index (χ3v) is 6.30. The number of rotatable bonds is 3. The molecule has 1 aliphatic carbocycles. The Balaban J connectivity index is 1.34. The SMILES string of the molecule is Fc1ccc(-c2nnc(OC3[C@H]4CC5C[C@H]3CN(C5)C4)s2)cc1. The number of benzene rings is 1. The van der Waals surface area contributed by atoms with Crippen molar-refractivity contribution in [2.75, 3.05) is 19.6 Å². The largest absolute Gasteiger partial charge is 0.465 e. The van der Waals surface area contributed by atoms with E-state index in [2.05, 4.69) is 15.1 Å². The van der Waals surface area contributed by atoms with Crippen molar-refractivity contribution in [1.82, 2.24) is 15.1 Å². The van der Waals surface area contributed by atoms with Gasteiger partial charge in [-0.15, -0.1) is 5.10 Å². The molecule has 4 heterocycles. The molecule has 4 bridgehead atoms. The fourth-order valence-electron chi connectivity index (χ4n) is 4.64. The molecule has 6 heteroatoms. The second-order valence-electron chi connectivity index (χ2n) is 7.04. The summed E-state index contributed by atoms with van der Waals surface area (Å²) in [6.45, 7) is 3.62. The van der Waals surface area contributed by atoms with Gasteiger partial charge in [0.2, 0.25) is 0 Å². The van der Waals surface area contributed by atoms with Crippen LogP contribution < -0.4 is 4.74 Å². The highest BCUT2D eigenvalue weighted by Crippen LogP contribution is 2.45. The molecule has 3 aliphatic heterocycles. The van der Waals surface area contributed by atoms with Crippen LogP contribution in [0.3, 0.4) is 0 Å². The molecule has 120 valence electrons.